The quantitative estimate of drug-likeness (QED) is 0.860. The Morgan fingerprint density at radius 1 is 1.17 bits per heavy atom. The average Bonchev–Trinajstić information content (AvgIpc) is 3.20. The Balaban J connectivity index is 1.38. The lowest BCUT2D eigenvalue weighted by Gasteiger charge is -2.31. The van der Waals surface area contributed by atoms with Crippen LogP contribution in [0.3, 0.4) is 0 Å². The number of piperidine rings is 1. The summed E-state index contributed by atoms with van der Waals surface area (Å²) in [6, 6.07) is 4.05. The Morgan fingerprint density at radius 2 is 2.04 bits per heavy atom. The number of carbonyl (C=O) groups excluding carboxylic acids is 1. The summed E-state index contributed by atoms with van der Waals surface area (Å²) in [7, 11) is 0. The van der Waals surface area contributed by atoms with E-state index in [2.05, 4.69) is 14.8 Å². The zero-order chi connectivity index (χ0) is 16.4. The predicted molar refractivity (Wildman–Crippen MR) is 94.2 cm³/mol. The summed E-state index contributed by atoms with van der Waals surface area (Å²) in [5, 5.41) is 11.0. The SMILES string of the molecule is O=C(Cc1cccs1)N1CCC(c2nnc3n2CCCCC3)CC1. The van der Waals surface area contributed by atoms with Crippen LogP contribution in [0, 0.1) is 0 Å². The number of hydrogen-bond donors (Lipinski definition) is 0. The van der Waals surface area contributed by atoms with Crippen molar-refractivity contribution in [2.75, 3.05) is 13.1 Å². The molecule has 1 amide bonds. The molecule has 1 fully saturated rings. The molecule has 2 aliphatic heterocycles. The van der Waals surface area contributed by atoms with Gasteiger partial charge in [0, 0.05) is 36.9 Å². The number of nitrogens with zero attached hydrogens (tertiary/aromatic N) is 4. The molecule has 4 rings (SSSR count). The van der Waals surface area contributed by atoms with Crippen molar-refractivity contribution in [2.45, 2.75) is 57.4 Å². The molecule has 0 unspecified atom stereocenters. The van der Waals surface area contributed by atoms with E-state index in [-0.39, 0.29) is 5.91 Å². The maximum Gasteiger partial charge on any atom is 0.227 e. The summed E-state index contributed by atoms with van der Waals surface area (Å²) < 4.78 is 2.36. The molecule has 1 saturated heterocycles. The van der Waals surface area contributed by atoms with Crippen molar-refractivity contribution in [3.05, 3.63) is 34.0 Å². The number of aromatic nitrogens is 3. The third-order valence-corrected chi connectivity index (χ3v) is 6.13. The van der Waals surface area contributed by atoms with E-state index in [1.54, 1.807) is 11.3 Å². The van der Waals surface area contributed by atoms with Crippen LogP contribution in [0.15, 0.2) is 17.5 Å². The summed E-state index contributed by atoms with van der Waals surface area (Å²) in [5.74, 6) is 3.04. The number of likely N-dealkylation sites (tertiary alicyclic amines) is 1. The Morgan fingerprint density at radius 3 is 2.83 bits per heavy atom. The minimum absolute atomic E-state index is 0.260. The highest BCUT2D eigenvalue weighted by Crippen LogP contribution is 2.29. The van der Waals surface area contributed by atoms with Gasteiger partial charge in [-0.25, -0.2) is 0 Å². The zero-order valence-corrected chi connectivity index (χ0v) is 14.8. The van der Waals surface area contributed by atoms with Gasteiger partial charge in [-0.05, 0) is 37.1 Å². The van der Waals surface area contributed by atoms with Crippen molar-refractivity contribution in [1.29, 1.82) is 0 Å². The first-order valence-electron chi connectivity index (χ1n) is 9.03. The van der Waals surface area contributed by atoms with E-state index >= 15 is 0 Å². The number of thiophene rings is 1. The molecule has 0 aliphatic carbocycles. The van der Waals surface area contributed by atoms with Crippen LogP contribution in [0.25, 0.3) is 0 Å². The summed E-state index contributed by atoms with van der Waals surface area (Å²) in [6.07, 6.45) is 7.37. The second-order valence-corrected chi connectivity index (χ2v) is 7.88. The lowest BCUT2D eigenvalue weighted by Crippen LogP contribution is -2.39. The number of carbonyl (C=O) groups is 1. The van der Waals surface area contributed by atoms with Gasteiger partial charge in [-0.3, -0.25) is 4.79 Å². The molecule has 2 aliphatic rings. The van der Waals surface area contributed by atoms with Crippen LogP contribution >= 0.6 is 11.3 Å². The Hall–Kier alpha value is -1.69. The van der Waals surface area contributed by atoms with E-state index in [9.17, 15) is 4.79 Å². The average molecular weight is 344 g/mol. The summed E-state index contributed by atoms with van der Waals surface area (Å²) >= 11 is 1.66. The third-order valence-electron chi connectivity index (χ3n) is 5.26. The van der Waals surface area contributed by atoms with Gasteiger partial charge >= 0.3 is 0 Å². The van der Waals surface area contributed by atoms with E-state index < -0.39 is 0 Å². The smallest absolute Gasteiger partial charge is 0.227 e. The van der Waals surface area contributed by atoms with Gasteiger partial charge in [-0.2, -0.15) is 0 Å². The fraction of sp³-hybridized carbons (Fsp3) is 0.611. The van der Waals surface area contributed by atoms with Crippen LogP contribution in [0.4, 0.5) is 0 Å². The summed E-state index contributed by atoms with van der Waals surface area (Å²) in [5.41, 5.74) is 0. The van der Waals surface area contributed by atoms with Crippen molar-refractivity contribution in [1.82, 2.24) is 19.7 Å². The van der Waals surface area contributed by atoms with Crippen LogP contribution in [-0.4, -0.2) is 38.7 Å². The number of fused-ring (bicyclic) bond motifs is 1. The summed E-state index contributed by atoms with van der Waals surface area (Å²) in [6.45, 7) is 2.75. The van der Waals surface area contributed by atoms with Crippen molar-refractivity contribution in [2.24, 2.45) is 0 Å². The van der Waals surface area contributed by atoms with E-state index in [0.717, 1.165) is 49.6 Å². The van der Waals surface area contributed by atoms with Crippen LogP contribution < -0.4 is 0 Å². The first kappa shape index (κ1) is 15.8. The molecule has 24 heavy (non-hydrogen) atoms. The van der Waals surface area contributed by atoms with Crippen molar-refractivity contribution in [3.63, 3.8) is 0 Å². The van der Waals surface area contributed by atoms with Gasteiger partial charge in [-0.1, -0.05) is 12.5 Å². The molecule has 6 heteroatoms. The molecule has 128 valence electrons. The molecular formula is C18H24N4OS. The highest BCUT2D eigenvalue weighted by atomic mass is 32.1. The fourth-order valence-electron chi connectivity index (χ4n) is 3.87. The topological polar surface area (TPSA) is 51.0 Å². The van der Waals surface area contributed by atoms with Crippen molar-refractivity contribution < 1.29 is 4.79 Å². The van der Waals surface area contributed by atoms with Crippen LogP contribution in [0.1, 0.15) is 54.5 Å². The molecule has 0 bridgehead atoms. The second kappa shape index (κ2) is 7.05. The highest BCUT2D eigenvalue weighted by Gasteiger charge is 2.28. The number of hydrogen-bond acceptors (Lipinski definition) is 4. The molecule has 0 aromatic carbocycles. The monoisotopic (exact) mass is 344 g/mol. The van der Waals surface area contributed by atoms with Gasteiger partial charge < -0.3 is 9.47 Å². The molecule has 0 saturated carbocycles. The minimum atomic E-state index is 0.260. The lowest BCUT2D eigenvalue weighted by molar-refractivity contribution is -0.131. The Kier molecular flexibility index (Phi) is 4.65. The van der Waals surface area contributed by atoms with Crippen molar-refractivity contribution in [3.8, 4) is 0 Å². The standard InChI is InChI=1S/C18H24N4OS/c23-17(13-15-5-4-12-24-15)21-10-7-14(8-11-21)18-20-19-16-6-2-1-3-9-22(16)18/h4-5,12,14H,1-3,6-11,13H2. The van der Waals surface area contributed by atoms with Gasteiger partial charge in [0.2, 0.25) is 5.91 Å². The van der Waals surface area contributed by atoms with Gasteiger partial charge in [0.25, 0.3) is 0 Å². The molecule has 0 atom stereocenters. The van der Waals surface area contributed by atoms with Gasteiger partial charge in [0.15, 0.2) is 0 Å². The maximum atomic E-state index is 12.4. The number of aryl methyl sites for hydroxylation is 1. The maximum absolute atomic E-state index is 12.4. The molecule has 0 N–H and O–H groups in total. The van der Waals surface area contributed by atoms with E-state index in [0.29, 0.717) is 12.3 Å². The molecule has 0 radical (unpaired) electrons. The molecule has 2 aromatic rings. The Labute approximate surface area is 146 Å². The van der Waals surface area contributed by atoms with Gasteiger partial charge in [0.05, 0.1) is 6.42 Å². The minimum Gasteiger partial charge on any atom is -0.342 e. The van der Waals surface area contributed by atoms with Crippen LogP contribution in [0.5, 0.6) is 0 Å². The first-order chi connectivity index (χ1) is 11.8. The molecule has 5 nitrogen and oxygen atoms in total. The fourth-order valence-corrected chi connectivity index (χ4v) is 4.57. The van der Waals surface area contributed by atoms with Gasteiger partial charge in [0.1, 0.15) is 11.6 Å². The van der Waals surface area contributed by atoms with E-state index in [1.807, 2.05) is 22.4 Å². The normalized spacial score (nSPS) is 19.1. The second-order valence-electron chi connectivity index (χ2n) is 6.85. The molecule has 4 heterocycles. The molecular weight excluding hydrogens is 320 g/mol. The van der Waals surface area contributed by atoms with Crippen molar-refractivity contribution >= 4 is 17.2 Å². The molecule has 0 spiro atoms. The Bertz CT molecular complexity index is 686. The molecule has 2 aromatic heterocycles. The van der Waals surface area contributed by atoms with Gasteiger partial charge in [-0.15, -0.1) is 21.5 Å². The highest BCUT2D eigenvalue weighted by molar-refractivity contribution is 7.10. The predicted octanol–water partition coefficient (Wildman–Crippen LogP) is 3.01. The third kappa shape index (κ3) is 3.24. The van der Waals surface area contributed by atoms with E-state index in [1.165, 1.54) is 25.1 Å². The largest absolute Gasteiger partial charge is 0.342 e. The summed E-state index contributed by atoms with van der Waals surface area (Å²) in [4.78, 5) is 15.6. The van der Waals surface area contributed by atoms with Crippen LogP contribution in [0.2, 0.25) is 0 Å². The lowest BCUT2D eigenvalue weighted by atomic mass is 9.95. The van der Waals surface area contributed by atoms with E-state index in [4.69, 9.17) is 0 Å². The zero-order valence-electron chi connectivity index (χ0n) is 14.0. The van der Waals surface area contributed by atoms with Crippen LogP contribution in [-0.2, 0) is 24.2 Å². The number of amides is 1. The first-order valence-corrected chi connectivity index (χ1v) is 9.91. The number of rotatable bonds is 3.